The maximum Gasteiger partial charge on any atom is 0.243 e. The van der Waals surface area contributed by atoms with Gasteiger partial charge in [0.05, 0.1) is 17.7 Å². The molecule has 3 aromatic carbocycles. The zero-order chi connectivity index (χ0) is 30.0. The SMILES string of the molecule is CCNS(=O)(=O)c1ccc(CCC(=O)N(Cc2ccc(Cl)cc2)C(Cc2ccccc2)C(=O)NCc2ccco2)cc1. The second-order valence-electron chi connectivity index (χ2n) is 9.80. The van der Waals surface area contributed by atoms with Crippen LogP contribution >= 0.6 is 11.6 Å². The molecule has 8 nitrogen and oxygen atoms in total. The van der Waals surface area contributed by atoms with E-state index in [2.05, 4.69) is 10.0 Å². The zero-order valence-electron chi connectivity index (χ0n) is 23.3. The first kappa shape index (κ1) is 31.0. The van der Waals surface area contributed by atoms with E-state index in [9.17, 15) is 18.0 Å². The summed E-state index contributed by atoms with van der Waals surface area (Å²) in [6.07, 6.45) is 2.37. The largest absolute Gasteiger partial charge is 0.467 e. The minimum atomic E-state index is -3.57. The molecule has 42 heavy (non-hydrogen) atoms. The van der Waals surface area contributed by atoms with Crippen molar-refractivity contribution in [1.82, 2.24) is 14.9 Å². The van der Waals surface area contributed by atoms with Gasteiger partial charge in [0, 0.05) is 31.0 Å². The molecule has 0 aliphatic rings. The molecule has 2 N–H and O–H groups in total. The highest BCUT2D eigenvalue weighted by atomic mass is 35.5. The standard InChI is InChI=1S/C32H34ClN3O5S/c1-2-35-42(39,40)29-17-12-24(13-18-29)14-19-31(37)36(23-26-10-15-27(33)16-11-26)30(21-25-7-4-3-5-8-25)32(38)34-22-28-9-6-20-41-28/h3-13,15-18,20,30,35H,2,14,19,21-23H2,1H3,(H,34,38). The normalized spacial score (nSPS) is 12.0. The van der Waals surface area contributed by atoms with E-state index in [0.29, 0.717) is 30.2 Å². The van der Waals surface area contributed by atoms with Gasteiger partial charge in [0.2, 0.25) is 21.8 Å². The highest BCUT2D eigenvalue weighted by Gasteiger charge is 2.30. The second kappa shape index (κ2) is 14.8. The lowest BCUT2D eigenvalue weighted by atomic mass is 10.0. The van der Waals surface area contributed by atoms with Crippen LogP contribution in [0.3, 0.4) is 0 Å². The number of rotatable bonds is 14. The Hall–Kier alpha value is -3.92. The first-order valence-electron chi connectivity index (χ1n) is 13.7. The molecule has 0 bridgehead atoms. The molecule has 220 valence electrons. The van der Waals surface area contributed by atoms with Gasteiger partial charge >= 0.3 is 0 Å². The quantitative estimate of drug-likeness (QED) is 0.207. The summed E-state index contributed by atoms with van der Waals surface area (Å²) in [5.74, 6) is 0.107. The minimum Gasteiger partial charge on any atom is -0.467 e. The van der Waals surface area contributed by atoms with Crippen LogP contribution in [0, 0.1) is 0 Å². The van der Waals surface area contributed by atoms with Gasteiger partial charge in [-0.2, -0.15) is 0 Å². The average molecular weight is 608 g/mol. The van der Waals surface area contributed by atoms with Crippen molar-refractivity contribution in [1.29, 1.82) is 0 Å². The molecule has 4 rings (SSSR count). The fourth-order valence-corrected chi connectivity index (χ4v) is 5.72. The van der Waals surface area contributed by atoms with Crippen molar-refractivity contribution in [2.24, 2.45) is 0 Å². The Bertz CT molecular complexity index is 1540. The molecule has 1 unspecified atom stereocenters. The number of carbonyl (C=O) groups is 2. The van der Waals surface area contributed by atoms with Crippen molar-refractivity contribution in [3.05, 3.63) is 125 Å². The van der Waals surface area contributed by atoms with Crippen molar-refractivity contribution in [3.8, 4) is 0 Å². The van der Waals surface area contributed by atoms with Gasteiger partial charge < -0.3 is 14.6 Å². The maximum atomic E-state index is 13.9. The molecule has 4 aromatic rings. The molecular formula is C32H34ClN3O5S. The maximum absolute atomic E-state index is 13.9. The summed E-state index contributed by atoms with van der Waals surface area (Å²) in [5.41, 5.74) is 2.57. The summed E-state index contributed by atoms with van der Waals surface area (Å²) in [6.45, 7) is 2.42. The molecule has 1 aromatic heterocycles. The fourth-order valence-electron chi connectivity index (χ4n) is 4.55. The molecule has 10 heteroatoms. The van der Waals surface area contributed by atoms with Gasteiger partial charge in [-0.15, -0.1) is 0 Å². The van der Waals surface area contributed by atoms with E-state index in [0.717, 1.165) is 16.7 Å². The lowest BCUT2D eigenvalue weighted by molar-refractivity contribution is -0.141. The minimum absolute atomic E-state index is 0.129. The van der Waals surface area contributed by atoms with E-state index in [4.69, 9.17) is 16.0 Å². The summed E-state index contributed by atoms with van der Waals surface area (Å²) < 4.78 is 32.4. The second-order valence-corrected chi connectivity index (χ2v) is 12.0. The number of nitrogens with zero attached hydrogens (tertiary/aromatic N) is 1. The number of amides is 2. The van der Waals surface area contributed by atoms with Crippen LogP contribution in [0.4, 0.5) is 0 Å². The van der Waals surface area contributed by atoms with E-state index in [1.807, 2.05) is 42.5 Å². The Labute approximate surface area is 251 Å². The van der Waals surface area contributed by atoms with Crippen molar-refractivity contribution in [3.63, 3.8) is 0 Å². The molecule has 0 radical (unpaired) electrons. The molecule has 1 heterocycles. The van der Waals surface area contributed by atoms with Crippen LogP contribution in [0.15, 0.2) is 107 Å². The number of sulfonamides is 1. The van der Waals surface area contributed by atoms with Crippen molar-refractivity contribution >= 4 is 33.4 Å². The predicted octanol–water partition coefficient (Wildman–Crippen LogP) is 5.12. The third-order valence-corrected chi connectivity index (χ3v) is 8.56. The number of hydrogen-bond donors (Lipinski definition) is 2. The lowest BCUT2D eigenvalue weighted by Gasteiger charge is -2.31. The highest BCUT2D eigenvalue weighted by molar-refractivity contribution is 7.89. The molecule has 0 spiro atoms. The summed E-state index contributed by atoms with van der Waals surface area (Å²) in [4.78, 5) is 29.3. The van der Waals surface area contributed by atoms with Crippen LogP contribution in [0.25, 0.3) is 0 Å². The van der Waals surface area contributed by atoms with Crippen LogP contribution in [-0.2, 0) is 45.5 Å². The van der Waals surface area contributed by atoms with E-state index >= 15 is 0 Å². The molecular weight excluding hydrogens is 574 g/mol. The molecule has 1 atom stereocenters. The van der Waals surface area contributed by atoms with E-state index in [1.165, 1.54) is 12.1 Å². The number of benzene rings is 3. The van der Waals surface area contributed by atoms with Gasteiger partial charge in [0.1, 0.15) is 11.8 Å². The van der Waals surface area contributed by atoms with E-state index in [1.54, 1.807) is 54.5 Å². The van der Waals surface area contributed by atoms with Gasteiger partial charge in [-0.3, -0.25) is 9.59 Å². The Kier molecular flexibility index (Phi) is 10.9. The molecule has 0 saturated heterocycles. The van der Waals surface area contributed by atoms with Gasteiger partial charge in [-0.25, -0.2) is 13.1 Å². The highest BCUT2D eigenvalue weighted by Crippen LogP contribution is 2.19. The van der Waals surface area contributed by atoms with Gasteiger partial charge in [0.15, 0.2) is 0 Å². The van der Waals surface area contributed by atoms with E-state index in [-0.39, 0.29) is 36.2 Å². The van der Waals surface area contributed by atoms with Crippen molar-refractivity contribution in [2.75, 3.05) is 6.54 Å². The number of carbonyl (C=O) groups excluding carboxylic acids is 2. The molecule has 0 aliphatic carbocycles. The first-order chi connectivity index (χ1) is 20.2. The number of halogens is 1. The monoisotopic (exact) mass is 607 g/mol. The van der Waals surface area contributed by atoms with Crippen LogP contribution < -0.4 is 10.0 Å². The fraction of sp³-hybridized carbons (Fsp3) is 0.250. The van der Waals surface area contributed by atoms with Crippen molar-refractivity contribution in [2.45, 2.75) is 50.2 Å². The number of aryl methyl sites for hydroxylation is 1. The smallest absolute Gasteiger partial charge is 0.243 e. The Morgan fingerprint density at radius 2 is 1.57 bits per heavy atom. The predicted molar refractivity (Wildman–Crippen MR) is 162 cm³/mol. The first-order valence-corrected chi connectivity index (χ1v) is 15.6. The topological polar surface area (TPSA) is 109 Å². The Morgan fingerprint density at radius 3 is 2.21 bits per heavy atom. The summed E-state index contributed by atoms with van der Waals surface area (Å²) in [6, 6.07) is 26.0. The Morgan fingerprint density at radius 1 is 0.881 bits per heavy atom. The van der Waals surface area contributed by atoms with Gasteiger partial charge in [0.25, 0.3) is 0 Å². The van der Waals surface area contributed by atoms with Gasteiger partial charge in [-0.1, -0.05) is 73.1 Å². The van der Waals surface area contributed by atoms with E-state index < -0.39 is 16.1 Å². The zero-order valence-corrected chi connectivity index (χ0v) is 24.9. The van der Waals surface area contributed by atoms with Gasteiger partial charge in [-0.05, 0) is 59.5 Å². The number of hydrogen-bond acceptors (Lipinski definition) is 5. The summed E-state index contributed by atoms with van der Waals surface area (Å²) in [5, 5.41) is 3.51. The van der Waals surface area contributed by atoms with Crippen LogP contribution in [0.5, 0.6) is 0 Å². The van der Waals surface area contributed by atoms with Crippen molar-refractivity contribution < 1.29 is 22.4 Å². The van der Waals surface area contributed by atoms with Crippen LogP contribution in [0.2, 0.25) is 5.02 Å². The third kappa shape index (κ3) is 8.79. The molecule has 2 amide bonds. The molecule has 0 saturated carbocycles. The average Bonchev–Trinajstić information content (AvgIpc) is 3.52. The molecule has 0 aliphatic heterocycles. The van der Waals surface area contributed by atoms with Crippen LogP contribution in [-0.4, -0.2) is 37.7 Å². The lowest BCUT2D eigenvalue weighted by Crippen LogP contribution is -2.50. The molecule has 0 fully saturated rings. The third-order valence-electron chi connectivity index (χ3n) is 6.75. The van der Waals surface area contributed by atoms with Crippen LogP contribution in [0.1, 0.15) is 35.8 Å². The summed E-state index contributed by atoms with van der Waals surface area (Å²) >= 11 is 6.10. The number of furan rings is 1. The summed E-state index contributed by atoms with van der Waals surface area (Å²) in [7, 11) is -3.57. The number of nitrogens with one attached hydrogen (secondary N) is 2. The Balaban J connectivity index is 1.57.